The fourth-order valence-electron chi connectivity index (χ4n) is 0.834. The lowest BCUT2D eigenvalue weighted by Crippen LogP contribution is -2.40. The van der Waals surface area contributed by atoms with Crippen LogP contribution in [0.3, 0.4) is 0 Å². The molecule has 6 heteroatoms. The summed E-state index contributed by atoms with van der Waals surface area (Å²) in [6.07, 6.45) is 0.422. The van der Waals surface area contributed by atoms with Crippen molar-refractivity contribution in [3.05, 3.63) is 0 Å². The fraction of sp³-hybridized carbons (Fsp3) is 0.714. The van der Waals surface area contributed by atoms with Gasteiger partial charge in [-0.15, -0.1) is 12.4 Å². The van der Waals surface area contributed by atoms with Gasteiger partial charge in [-0.2, -0.15) is 0 Å². The van der Waals surface area contributed by atoms with Gasteiger partial charge in [0, 0.05) is 13.1 Å². The molecule has 0 aromatic carbocycles. The lowest BCUT2D eigenvalue weighted by Gasteiger charge is -2.10. The van der Waals surface area contributed by atoms with Crippen LogP contribution in [0.2, 0.25) is 0 Å². The molecule has 0 aromatic rings. The molecular weight excluding hydrogens is 194 g/mol. The first-order valence-electron chi connectivity index (χ1n) is 3.90. The monoisotopic (exact) mass is 209 g/mol. The molecule has 0 saturated heterocycles. The molecule has 5 N–H and O–H groups in total. The van der Waals surface area contributed by atoms with Gasteiger partial charge in [0.15, 0.2) is 0 Å². The van der Waals surface area contributed by atoms with Gasteiger partial charge >= 0.3 is 0 Å². The van der Waals surface area contributed by atoms with E-state index in [0.29, 0.717) is 19.5 Å². The van der Waals surface area contributed by atoms with Crippen molar-refractivity contribution in [3.8, 4) is 0 Å². The fourth-order valence-corrected chi connectivity index (χ4v) is 0.834. The predicted octanol–water partition coefficient (Wildman–Crippen LogP) is -1.01. The van der Waals surface area contributed by atoms with E-state index in [2.05, 4.69) is 5.32 Å². The maximum atomic E-state index is 11.1. The summed E-state index contributed by atoms with van der Waals surface area (Å²) in [5, 5.41) is 2.50. The first kappa shape index (κ1) is 14.7. The van der Waals surface area contributed by atoms with Crippen molar-refractivity contribution >= 4 is 24.2 Å². The van der Waals surface area contributed by atoms with Crippen LogP contribution in [0.15, 0.2) is 0 Å². The molecule has 0 aliphatic heterocycles. The second kappa shape index (κ2) is 7.82. The van der Waals surface area contributed by atoms with E-state index in [-0.39, 0.29) is 18.3 Å². The Kier molecular flexibility index (Phi) is 8.84. The molecule has 0 spiro atoms. The number of amides is 2. The Hall–Kier alpha value is -0.810. The smallest absolute Gasteiger partial charge is 0.232 e. The number of hydrogen-bond donors (Lipinski definition) is 3. The molecule has 0 aromatic heterocycles. The Bertz CT molecular complexity index is 175. The van der Waals surface area contributed by atoms with Crippen LogP contribution < -0.4 is 16.8 Å². The van der Waals surface area contributed by atoms with E-state index in [1.807, 2.05) is 0 Å². The quantitative estimate of drug-likeness (QED) is 0.507. The van der Waals surface area contributed by atoms with Crippen LogP contribution in [0.4, 0.5) is 0 Å². The van der Waals surface area contributed by atoms with Crippen LogP contribution in [-0.4, -0.2) is 24.9 Å². The summed E-state index contributed by atoms with van der Waals surface area (Å²) in [4.78, 5) is 21.8. The van der Waals surface area contributed by atoms with Crippen molar-refractivity contribution in [2.24, 2.45) is 17.4 Å². The summed E-state index contributed by atoms with van der Waals surface area (Å²) in [6, 6.07) is 0. The molecule has 13 heavy (non-hydrogen) atoms. The zero-order valence-electron chi connectivity index (χ0n) is 7.58. The van der Waals surface area contributed by atoms with Gasteiger partial charge in [0.2, 0.25) is 11.8 Å². The topological polar surface area (TPSA) is 98.2 Å². The van der Waals surface area contributed by atoms with Gasteiger partial charge in [-0.1, -0.05) is 6.92 Å². The second-order valence-corrected chi connectivity index (χ2v) is 2.44. The minimum absolute atomic E-state index is 0. The number of carbonyl (C=O) groups is 2. The van der Waals surface area contributed by atoms with Crippen LogP contribution in [-0.2, 0) is 9.59 Å². The van der Waals surface area contributed by atoms with E-state index >= 15 is 0 Å². The Labute approximate surface area is 83.6 Å². The molecule has 2 amide bonds. The highest BCUT2D eigenvalue weighted by Gasteiger charge is 2.20. The molecule has 0 heterocycles. The van der Waals surface area contributed by atoms with Gasteiger partial charge < -0.3 is 16.8 Å². The summed E-state index contributed by atoms with van der Waals surface area (Å²) >= 11 is 0. The Morgan fingerprint density at radius 2 is 2.00 bits per heavy atom. The maximum Gasteiger partial charge on any atom is 0.232 e. The van der Waals surface area contributed by atoms with Crippen molar-refractivity contribution in [1.82, 2.24) is 5.32 Å². The standard InChI is InChI=1S/C7H15N3O2.ClH/c1-2-5(6(9)11)7(12)10-4-3-8;/h5H,2-4,8H2,1H3,(H2,9,11)(H,10,12);1H. The first-order valence-corrected chi connectivity index (χ1v) is 3.90. The Balaban J connectivity index is 0. The summed E-state index contributed by atoms with van der Waals surface area (Å²) in [7, 11) is 0. The number of hydrogen-bond acceptors (Lipinski definition) is 3. The minimum atomic E-state index is -0.725. The molecule has 78 valence electrons. The largest absolute Gasteiger partial charge is 0.369 e. The van der Waals surface area contributed by atoms with E-state index < -0.39 is 11.8 Å². The number of carbonyl (C=O) groups excluding carboxylic acids is 2. The number of halogens is 1. The van der Waals surface area contributed by atoms with Crippen LogP contribution in [0.1, 0.15) is 13.3 Å². The van der Waals surface area contributed by atoms with Crippen LogP contribution in [0, 0.1) is 5.92 Å². The zero-order chi connectivity index (χ0) is 9.56. The molecular formula is C7H16ClN3O2. The van der Waals surface area contributed by atoms with E-state index in [1.54, 1.807) is 6.92 Å². The van der Waals surface area contributed by atoms with E-state index in [4.69, 9.17) is 11.5 Å². The summed E-state index contributed by atoms with van der Waals surface area (Å²) in [6.45, 7) is 2.47. The predicted molar refractivity (Wildman–Crippen MR) is 52.3 cm³/mol. The van der Waals surface area contributed by atoms with Crippen molar-refractivity contribution in [2.45, 2.75) is 13.3 Å². The van der Waals surface area contributed by atoms with Crippen molar-refractivity contribution in [2.75, 3.05) is 13.1 Å². The third-order valence-corrected chi connectivity index (χ3v) is 1.51. The molecule has 1 unspecified atom stereocenters. The van der Waals surface area contributed by atoms with Gasteiger partial charge in [-0.3, -0.25) is 9.59 Å². The third-order valence-electron chi connectivity index (χ3n) is 1.51. The highest BCUT2D eigenvalue weighted by atomic mass is 35.5. The van der Waals surface area contributed by atoms with Gasteiger partial charge in [0.25, 0.3) is 0 Å². The van der Waals surface area contributed by atoms with Gasteiger partial charge in [0.05, 0.1) is 0 Å². The summed E-state index contributed by atoms with van der Waals surface area (Å²) < 4.78 is 0. The molecule has 5 nitrogen and oxygen atoms in total. The molecule has 0 radical (unpaired) electrons. The highest BCUT2D eigenvalue weighted by Crippen LogP contribution is 2.00. The van der Waals surface area contributed by atoms with E-state index in [9.17, 15) is 9.59 Å². The Morgan fingerprint density at radius 3 is 2.31 bits per heavy atom. The molecule has 1 atom stereocenters. The third kappa shape index (κ3) is 5.43. The molecule has 0 fully saturated rings. The zero-order valence-corrected chi connectivity index (χ0v) is 8.39. The lowest BCUT2D eigenvalue weighted by atomic mass is 10.1. The number of nitrogens with two attached hydrogens (primary N) is 2. The lowest BCUT2D eigenvalue weighted by molar-refractivity contribution is -0.133. The van der Waals surface area contributed by atoms with E-state index in [0.717, 1.165) is 0 Å². The number of nitrogens with one attached hydrogen (secondary N) is 1. The molecule has 0 aliphatic carbocycles. The summed E-state index contributed by atoms with van der Waals surface area (Å²) in [5.41, 5.74) is 10.2. The van der Waals surface area contributed by atoms with Crippen LogP contribution in [0.5, 0.6) is 0 Å². The first-order chi connectivity index (χ1) is 5.63. The molecule has 0 bridgehead atoms. The van der Waals surface area contributed by atoms with Gasteiger partial charge in [-0.05, 0) is 6.42 Å². The maximum absolute atomic E-state index is 11.1. The van der Waals surface area contributed by atoms with Crippen molar-refractivity contribution < 1.29 is 9.59 Å². The van der Waals surface area contributed by atoms with Crippen LogP contribution in [0.25, 0.3) is 0 Å². The van der Waals surface area contributed by atoms with Gasteiger partial charge in [-0.25, -0.2) is 0 Å². The molecule has 0 aliphatic rings. The second-order valence-electron chi connectivity index (χ2n) is 2.44. The molecule has 0 saturated carbocycles. The average Bonchev–Trinajstić information content (AvgIpc) is 2.01. The van der Waals surface area contributed by atoms with Gasteiger partial charge in [0.1, 0.15) is 5.92 Å². The van der Waals surface area contributed by atoms with Crippen molar-refractivity contribution in [1.29, 1.82) is 0 Å². The normalized spacial score (nSPS) is 11.2. The van der Waals surface area contributed by atoms with E-state index in [1.165, 1.54) is 0 Å². The molecule has 0 rings (SSSR count). The number of rotatable bonds is 5. The number of primary amides is 1. The minimum Gasteiger partial charge on any atom is -0.369 e. The SMILES string of the molecule is CCC(C(N)=O)C(=O)NCCN.Cl. The Morgan fingerprint density at radius 1 is 1.46 bits per heavy atom. The summed E-state index contributed by atoms with van der Waals surface area (Å²) in [5.74, 6) is -1.65. The van der Waals surface area contributed by atoms with Crippen molar-refractivity contribution in [3.63, 3.8) is 0 Å². The average molecular weight is 210 g/mol. The van der Waals surface area contributed by atoms with Crippen LogP contribution >= 0.6 is 12.4 Å². The highest BCUT2D eigenvalue weighted by molar-refractivity contribution is 5.99.